The van der Waals surface area contributed by atoms with Gasteiger partial charge in [0, 0.05) is 49.2 Å². The highest BCUT2D eigenvalue weighted by Crippen LogP contribution is 2.19. The van der Waals surface area contributed by atoms with Crippen LogP contribution in [0, 0.1) is 19.8 Å². The van der Waals surface area contributed by atoms with Crippen molar-refractivity contribution in [2.24, 2.45) is 5.92 Å². The van der Waals surface area contributed by atoms with Crippen molar-refractivity contribution in [3.05, 3.63) is 45.2 Å². The fourth-order valence-electron chi connectivity index (χ4n) is 4.00. The molecule has 0 bridgehead atoms. The van der Waals surface area contributed by atoms with E-state index in [1.807, 2.05) is 19.1 Å². The number of aromatic amines is 1. The van der Waals surface area contributed by atoms with Crippen molar-refractivity contribution >= 4 is 28.2 Å². The Bertz CT molecular complexity index is 950. The number of nitrogens with zero attached hydrogens (tertiary/aromatic N) is 2. The van der Waals surface area contributed by atoms with Gasteiger partial charge in [0.25, 0.3) is 5.56 Å². The first kappa shape index (κ1) is 23.7. The summed E-state index contributed by atoms with van der Waals surface area (Å²) >= 11 is 5.71. The van der Waals surface area contributed by atoms with Gasteiger partial charge in [0.2, 0.25) is 0 Å². The molecule has 0 atom stereocenters. The van der Waals surface area contributed by atoms with Gasteiger partial charge in [-0.25, -0.2) is 0 Å². The lowest BCUT2D eigenvalue weighted by Gasteiger charge is -2.30. The van der Waals surface area contributed by atoms with Crippen LogP contribution >= 0.6 is 12.2 Å². The molecule has 0 aliphatic carbocycles. The number of pyridine rings is 1. The van der Waals surface area contributed by atoms with Gasteiger partial charge >= 0.3 is 0 Å². The zero-order chi connectivity index (χ0) is 22.4. The van der Waals surface area contributed by atoms with E-state index >= 15 is 0 Å². The highest BCUT2D eigenvalue weighted by atomic mass is 32.1. The Labute approximate surface area is 191 Å². The first-order valence-electron chi connectivity index (χ1n) is 11.3. The van der Waals surface area contributed by atoms with Crippen LogP contribution in [0.2, 0.25) is 0 Å². The SMILES string of the molecule is Cc1cc(C)c2cc(CN(CCCN3CCOCC3)C(=S)NCC(C)C)c(=O)[nH]c2c1. The third-order valence-corrected chi connectivity index (χ3v) is 6.11. The number of H-pyrrole nitrogens is 1. The number of aryl methyl sites for hydroxylation is 2. The van der Waals surface area contributed by atoms with Crippen molar-refractivity contribution in [2.45, 2.75) is 40.7 Å². The number of thiocarbonyl (C=S) groups is 1. The van der Waals surface area contributed by atoms with Crippen LogP contribution in [0.5, 0.6) is 0 Å². The number of morpholine rings is 1. The molecule has 2 heterocycles. The van der Waals surface area contributed by atoms with Crippen LogP contribution < -0.4 is 10.9 Å². The van der Waals surface area contributed by atoms with Crippen LogP contribution in [0.15, 0.2) is 23.0 Å². The van der Waals surface area contributed by atoms with Crippen molar-refractivity contribution in [1.29, 1.82) is 0 Å². The smallest absolute Gasteiger partial charge is 0.253 e. The fraction of sp³-hybridized carbons (Fsp3) is 0.583. The van der Waals surface area contributed by atoms with Crippen molar-refractivity contribution in [3.8, 4) is 0 Å². The number of ether oxygens (including phenoxy) is 1. The first-order chi connectivity index (χ1) is 14.8. The molecule has 6 nitrogen and oxygen atoms in total. The Kier molecular flexibility index (Phi) is 8.46. The molecule has 1 aromatic carbocycles. The average molecular weight is 445 g/mol. The Morgan fingerprint density at radius 1 is 1.26 bits per heavy atom. The number of hydrogen-bond donors (Lipinski definition) is 2. The number of benzene rings is 1. The minimum absolute atomic E-state index is 0.0395. The average Bonchev–Trinajstić information content (AvgIpc) is 2.72. The summed E-state index contributed by atoms with van der Waals surface area (Å²) in [6.07, 6.45) is 0.993. The number of nitrogens with one attached hydrogen (secondary N) is 2. The van der Waals surface area contributed by atoms with Crippen molar-refractivity contribution < 1.29 is 4.74 Å². The molecule has 3 rings (SSSR count). The monoisotopic (exact) mass is 444 g/mol. The second-order valence-electron chi connectivity index (χ2n) is 8.98. The van der Waals surface area contributed by atoms with Crippen LogP contribution in [0.1, 0.15) is 37.0 Å². The molecule has 2 aromatic rings. The zero-order valence-electron chi connectivity index (χ0n) is 19.3. The molecule has 170 valence electrons. The highest BCUT2D eigenvalue weighted by molar-refractivity contribution is 7.80. The second-order valence-corrected chi connectivity index (χ2v) is 9.36. The standard InChI is InChI=1S/C24H36N4O2S/c1-17(2)15-25-24(31)28(7-5-6-27-8-10-30-11-9-27)16-20-14-21-19(4)12-18(3)13-22(21)26-23(20)29/h12-14,17H,5-11,15-16H2,1-4H3,(H,25,31)(H,26,29). The molecule has 0 saturated carbocycles. The van der Waals surface area contributed by atoms with Gasteiger partial charge in [-0.05, 0) is 61.7 Å². The number of aromatic nitrogens is 1. The van der Waals surface area contributed by atoms with E-state index in [9.17, 15) is 4.79 Å². The summed E-state index contributed by atoms with van der Waals surface area (Å²) in [6.45, 7) is 15.2. The molecular weight excluding hydrogens is 408 g/mol. The van der Waals surface area contributed by atoms with E-state index in [1.54, 1.807) is 0 Å². The predicted octanol–water partition coefficient (Wildman–Crippen LogP) is 3.20. The van der Waals surface area contributed by atoms with Crippen molar-refractivity contribution in [2.75, 3.05) is 45.9 Å². The first-order valence-corrected chi connectivity index (χ1v) is 11.7. The third kappa shape index (κ3) is 6.76. The Hall–Kier alpha value is -1.96. The van der Waals surface area contributed by atoms with E-state index in [1.165, 1.54) is 5.56 Å². The minimum Gasteiger partial charge on any atom is -0.379 e. The van der Waals surface area contributed by atoms with Crippen molar-refractivity contribution in [3.63, 3.8) is 0 Å². The maximum absolute atomic E-state index is 12.8. The number of fused-ring (bicyclic) bond motifs is 1. The van der Waals surface area contributed by atoms with E-state index in [2.05, 4.69) is 46.9 Å². The van der Waals surface area contributed by atoms with Crippen LogP contribution in [0.4, 0.5) is 0 Å². The molecule has 31 heavy (non-hydrogen) atoms. The second kappa shape index (κ2) is 11.1. The van der Waals surface area contributed by atoms with Gasteiger partial charge < -0.3 is 19.9 Å². The number of rotatable bonds is 8. The minimum atomic E-state index is -0.0395. The van der Waals surface area contributed by atoms with Crippen LogP contribution in [-0.2, 0) is 11.3 Å². The van der Waals surface area contributed by atoms with E-state index in [0.717, 1.165) is 79.5 Å². The lowest BCUT2D eigenvalue weighted by atomic mass is 10.0. The van der Waals surface area contributed by atoms with Crippen LogP contribution in [0.25, 0.3) is 10.9 Å². The van der Waals surface area contributed by atoms with Crippen molar-refractivity contribution in [1.82, 2.24) is 20.1 Å². The summed E-state index contributed by atoms with van der Waals surface area (Å²) in [5, 5.41) is 5.19. The topological polar surface area (TPSA) is 60.6 Å². The molecule has 1 aromatic heterocycles. The highest BCUT2D eigenvalue weighted by Gasteiger charge is 2.16. The quantitative estimate of drug-likeness (QED) is 0.610. The molecule has 1 aliphatic rings. The fourth-order valence-corrected chi connectivity index (χ4v) is 4.24. The maximum atomic E-state index is 12.8. The van der Waals surface area contributed by atoms with Gasteiger partial charge in [-0.15, -0.1) is 0 Å². The molecule has 1 aliphatic heterocycles. The van der Waals surface area contributed by atoms with Gasteiger partial charge in [-0.2, -0.15) is 0 Å². The Morgan fingerprint density at radius 3 is 2.71 bits per heavy atom. The lowest BCUT2D eigenvalue weighted by Crippen LogP contribution is -2.43. The van der Waals surface area contributed by atoms with Gasteiger partial charge in [0.1, 0.15) is 0 Å². The van der Waals surface area contributed by atoms with E-state index in [4.69, 9.17) is 17.0 Å². The van der Waals surface area contributed by atoms with Gasteiger partial charge in [-0.1, -0.05) is 19.9 Å². The Balaban J connectivity index is 1.75. The van der Waals surface area contributed by atoms with E-state index in [0.29, 0.717) is 12.5 Å². The molecule has 0 spiro atoms. The lowest BCUT2D eigenvalue weighted by molar-refractivity contribution is 0.0367. The summed E-state index contributed by atoms with van der Waals surface area (Å²) in [6, 6.07) is 6.21. The van der Waals surface area contributed by atoms with Gasteiger partial charge in [0.05, 0.1) is 19.8 Å². The zero-order valence-corrected chi connectivity index (χ0v) is 20.1. The van der Waals surface area contributed by atoms with E-state index in [-0.39, 0.29) is 5.56 Å². The maximum Gasteiger partial charge on any atom is 0.253 e. The molecule has 1 saturated heterocycles. The Morgan fingerprint density at radius 2 is 2.00 bits per heavy atom. The summed E-state index contributed by atoms with van der Waals surface area (Å²) in [7, 11) is 0. The predicted molar refractivity (Wildman–Crippen MR) is 132 cm³/mol. The van der Waals surface area contributed by atoms with Crippen LogP contribution in [-0.4, -0.2) is 65.8 Å². The number of hydrogen-bond acceptors (Lipinski definition) is 4. The van der Waals surface area contributed by atoms with E-state index < -0.39 is 0 Å². The molecule has 0 unspecified atom stereocenters. The summed E-state index contributed by atoms with van der Waals surface area (Å²) in [4.78, 5) is 20.5. The normalized spacial score (nSPS) is 14.9. The molecule has 2 N–H and O–H groups in total. The summed E-state index contributed by atoms with van der Waals surface area (Å²) in [5.41, 5.74) is 3.93. The third-order valence-electron chi connectivity index (χ3n) is 5.71. The van der Waals surface area contributed by atoms with Crippen LogP contribution in [0.3, 0.4) is 0 Å². The molecule has 1 fully saturated rings. The largest absolute Gasteiger partial charge is 0.379 e. The molecule has 7 heteroatoms. The van der Waals surface area contributed by atoms with Gasteiger partial charge in [0.15, 0.2) is 5.11 Å². The summed E-state index contributed by atoms with van der Waals surface area (Å²) in [5.74, 6) is 0.503. The molecule has 0 radical (unpaired) electrons. The molecule has 0 amide bonds. The van der Waals surface area contributed by atoms with Gasteiger partial charge in [-0.3, -0.25) is 9.69 Å². The molecular formula is C24H36N4O2S. The summed E-state index contributed by atoms with van der Waals surface area (Å²) < 4.78 is 5.44.